The average molecular weight is 286 g/mol. The lowest BCUT2D eigenvalue weighted by Gasteiger charge is -2.38. The van der Waals surface area contributed by atoms with E-state index in [1.54, 1.807) is 0 Å². The van der Waals surface area contributed by atoms with Gasteiger partial charge in [0.15, 0.2) is 0 Å². The van der Waals surface area contributed by atoms with Crippen LogP contribution in [0.25, 0.3) is 0 Å². The van der Waals surface area contributed by atoms with E-state index in [0.29, 0.717) is 0 Å². The maximum atomic E-state index is 12.2. The molecule has 1 heterocycles. The highest BCUT2D eigenvalue weighted by atomic mass is 32.9. The topological polar surface area (TPSA) is 17.1 Å². The summed E-state index contributed by atoms with van der Waals surface area (Å²) in [7, 11) is -1.88. The monoisotopic (exact) mass is 286 g/mol. The molecule has 3 rings (SSSR count). The van der Waals surface area contributed by atoms with Gasteiger partial charge in [0.05, 0.1) is 0 Å². The Hall–Kier alpha value is -1.71. The Labute approximate surface area is 115 Å². The molecule has 3 heteroatoms. The van der Waals surface area contributed by atoms with E-state index in [2.05, 4.69) is 35.1 Å². The second-order valence-corrected chi connectivity index (χ2v) is 10.7. The first kappa shape index (κ1) is 12.3. The van der Waals surface area contributed by atoms with Crippen LogP contribution in [0, 0.1) is 0 Å². The molecular weight excluding hydrogens is 272 g/mol. The van der Waals surface area contributed by atoms with Crippen molar-refractivity contribution in [1.29, 1.82) is 0 Å². The molecule has 96 valence electrons. The molecule has 0 spiro atoms. The summed E-state index contributed by atoms with van der Waals surface area (Å²) in [6, 6.07) is 20.2. The third kappa shape index (κ3) is 1.62. The van der Waals surface area contributed by atoms with Crippen molar-refractivity contribution in [3.8, 4) is 0 Å². The van der Waals surface area contributed by atoms with Crippen LogP contribution in [0.5, 0.6) is 0 Å². The molecule has 2 aromatic carbocycles. The smallest absolute Gasteiger partial charge is 0.118 e. The van der Waals surface area contributed by atoms with Gasteiger partial charge in [-0.2, -0.15) is 0 Å². The summed E-state index contributed by atoms with van der Waals surface area (Å²) in [4.78, 5) is 2.19. The molecule has 0 atom stereocenters. The molecule has 2 aromatic rings. The van der Waals surface area contributed by atoms with Crippen LogP contribution in [0.4, 0.5) is 0 Å². The third-order valence-electron chi connectivity index (χ3n) is 3.41. The van der Waals surface area contributed by atoms with Crippen LogP contribution in [0.2, 0.25) is 0 Å². The van der Waals surface area contributed by atoms with E-state index >= 15 is 0 Å². The van der Waals surface area contributed by atoms with Crippen molar-refractivity contribution in [2.24, 2.45) is 0 Å². The maximum absolute atomic E-state index is 12.2. The minimum absolute atomic E-state index is 0.718. The third-order valence-corrected chi connectivity index (χ3v) is 10.3. The number of rotatable bonds is 2. The van der Waals surface area contributed by atoms with E-state index in [9.17, 15) is 4.21 Å². The normalized spacial score (nSPS) is 20.5. The Balaban J connectivity index is 2.48. The van der Waals surface area contributed by atoms with Gasteiger partial charge in [-0.1, -0.05) is 56.3 Å². The van der Waals surface area contributed by atoms with Crippen molar-refractivity contribution in [2.75, 3.05) is 0 Å². The van der Waals surface area contributed by atoms with Gasteiger partial charge in [0.25, 0.3) is 0 Å². The van der Waals surface area contributed by atoms with Crippen molar-refractivity contribution in [3.63, 3.8) is 0 Å². The highest BCUT2D eigenvalue weighted by Crippen LogP contribution is 2.49. The van der Waals surface area contributed by atoms with Gasteiger partial charge in [-0.25, -0.2) is 4.21 Å². The molecule has 0 unspecified atom stereocenters. The molecule has 0 aliphatic carbocycles. The number of hydrogen-bond acceptors (Lipinski definition) is 1. The van der Waals surface area contributed by atoms with Crippen molar-refractivity contribution in [2.45, 2.75) is 9.79 Å². The Morgan fingerprint density at radius 2 is 1.11 bits per heavy atom. The fourth-order valence-electron chi connectivity index (χ4n) is 2.42. The van der Waals surface area contributed by atoms with E-state index in [1.807, 2.05) is 48.6 Å². The fraction of sp³-hybridized carbons (Fsp3) is 0. The van der Waals surface area contributed by atoms with Crippen LogP contribution >= 0.6 is 0 Å². The number of allylic oxidation sites excluding steroid dienone is 2. The second kappa shape index (κ2) is 4.44. The van der Waals surface area contributed by atoms with Crippen molar-refractivity contribution in [3.05, 3.63) is 83.6 Å². The molecule has 19 heavy (non-hydrogen) atoms. The molecule has 1 aliphatic heterocycles. The highest BCUT2D eigenvalue weighted by molar-refractivity contribution is 8.57. The minimum atomic E-state index is -2.60. The van der Waals surface area contributed by atoms with E-state index in [4.69, 9.17) is 0 Å². The first-order chi connectivity index (χ1) is 9.31. The lowest BCUT2D eigenvalue weighted by atomic mass is 10.4. The Bertz CT molecular complexity index is 690. The average Bonchev–Trinajstić information content (AvgIpc) is 2.97. The van der Waals surface area contributed by atoms with E-state index in [0.717, 1.165) is 20.0 Å². The van der Waals surface area contributed by atoms with E-state index in [-0.39, 0.29) is 0 Å². The zero-order valence-corrected chi connectivity index (χ0v) is 11.9. The van der Waals surface area contributed by atoms with Gasteiger partial charge in [0, 0.05) is 9.79 Å². The van der Waals surface area contributed by atoms with E-state index < -0.39 is 7.72 Å². The Morgan fingerprint density at radius 1 is 0.684 bits per heavy atom. The van der Waals surface area contributed by atoms with Crippen LogP contribution in [-0.4, -0.2) is 4.21 Å². The highest BCUT2D eigenvalue weighted by Gasteiger charge is 2.35. The predicted molar refractivity (Wildman–Crippen MR) is 83.2 cm³/mol. The predicted octanol–water partition coefficient (Wildman–Crippen LogP) is 3.96. The molecule has 0 amide bonds. The standard InChI is InChI=1S/C16H14OS2/c17-18-19(13-7-8-14-19,15-9-3-1-4-10-15)16-11-5-2-6-12-16/h1-14H. The van der Waals surface area contributed by atoms with Crippen LogP contribution in [0.1, 0.15) is 0 Å². The maximum Gasteiger partial charge on any atom is 0.118 e. The van der Waals surface area contributed by atoms with Crippen LogP contribution < -0.4 is 0 Å². The molecule has 0 bridgehead atoms. The Kier molecular flexibility index (Phi) is 2.88. The first-order valence-corrected chi connectivity index (χ1v) is 9.46. The van der Waals surface area contributed by atoms with Gasteiger partial charge in [-0.15, -0.1) is 0 Å². The quantitative estimate of drug-likeness (QED) is 0.816. The van der Waals surface area contributed by atoms with Gasteiger partial charge in [0.2, 0.25) is 0 Å². The SMILES string of the molecule is O=S=S1(c2ccccc2)(c2ccccc2)C=CC=C1. The summed E-state index contributed by atoms with van der Waals surface area (Å²) in [5.41, 5.74) is 0. The van der Waals surface area contributed by atoms with E-state index in [1.165, 1.54) is 0 Å². The van der Waals surface area contributed by atoms with Gasteiger partial charge in [-0.3, -0.25) is 0 Å². The Morgan fingerprint density at radius 3 is 1.47 bits per heavy atom. The molecule has 0 saturated carbocycles. The summed E-state index contributed by atoms with van der Waals surface area (Å²) in [6.07, 6.45) is 3.99. The molecule has 0 radical (unpaired) electrons. The first-order valence-electron chi connectivity index (χ1n) is 6.03. The van der Waals surface area contributed by atoms with Crippen molar-refractivity contribution >= 4 is 17.9 Å². The molecule has 0 aromatic heterocycles. The number of hydrogen-bond donors (Lipinski definition) is 0. The lowest BCUT2D eigenvalue weighted by Crippen LogP contribution is -2.25. The lowest BCUT2D eigenvalue weighted by molar-refractivity contribution is 0.701. The van der Waals surface area contributed by atoms with Crippen LogP contribution in [-0.2, 0) is 17.9 Å². The van der Waals surface area contributed by atoms with Gasteiger partial charge >= 0.3 is 0 Å². The molecule has 0 N–H and O–H groups in total. The molecule has 0 saturated heterocycles. The summed E-state index contributed by atoms with van der Waals surface area (Å²) < 4.78 is 12.2. The molecule has 1 nitrogen and oxygen atoms in total. The minimum Gasteiger partial charge on any atom is -0.206 e. The molecule has 1 aliphatic rings. The largest absolute Gasteiger partial charge is 0.206 e. The van der Waals surface area contributed by atoms with Gasteiger partial charge in [0.1, 0.15) is 10.2 Å². The van der Waals surface area contributed by atoms with Crippen LogP contribution in [0.3, 0.4) is 0 Å². The summed E-state index contributed by atoms with van der Waals surface area (Å²) in [5.74, 6) is 0. The fourth-order valence-corrected chi connectivity index (χ4v) is 7.70. The van der Waals surface area contributed by atoms with Crippen molar-refractivity contribution in [1.82, 2.24) is 0 Å². The van der Waals surface area contributed by atoms with Crippen molar-refractivity contribution < 1.29 is 4.21 Å². The number of benzene rings is 2. The molecule has 0 fully saturated rings. The summed E-state index contributed by atoms with van der Waals surface area (Å²) in [6.45, 7) is 0. The van der Waals surface area contributed by atoms with Crippen LogP contribution in [0.15, 0.2) is 93.4 Å². The summed E-state index contributed by atoms with van der Waals surface area (Å²) >= 11 is 0. The summed E-state index contributed by atoms with van der Waals surface area (Å²) in [5, 5.41) is 4.19. The zero-order chi connectivity index (χ0) is 13.2. The zero-order valence-electron chi connectivity index (χ0n) is 10.3. The molecular formula is C16H14OS2. The van der Waals surface area contributed by atoms with Gasteiger partial charge < -0.3 is 0 Å². The second-order valence-electron chi connectivity index (χ2n) is 4.42. The van der Waals surface area contributed by atoms with Gasteiger partial charge in [-0.05, 0) is 35.1 Å².